The third-order valence-corrected chi connectivity index (χ3v) is 13.2. The number of aromatic nitrogens is 3. The highest BCUT2D eigenvalue weighted by atomic mass is 35.5. The normalized spacial score (nSPS) is 15.8. The molecular formula is C52H64BCl5N7O5. The highest BCUT2D eigenvalue weighted by Crippen LogP contribution is 2.32. The van der Waals surface area contributed by atoms with E-state index in [9.17, 15) is 19.2 Å². The lowest BCUT2D eigenvalue weighted by Crippen LogP contribution is -2.22. The highest BCUT2D eigenvalue weighted by Gasteiger charge is 2.23. The molecule has 1 amide bonds. The van der Waals surface area contributed by atoms with Crippen LogP contribution >= 0.6 is 58.8 Å². The van der Waals surface area contributed by atoms with Gasteiger partial charge in [-0.05, 0) is 166 Å². The SMILES string of the molecule is C1CCOC1.Cl.Clc1ccc2[nH]c3c(c2c1)CCCNC3.NNc1ccc(Cl)cc1.O=C1CCCCC1=O.O=C1CCCc2c1[nH]c1ccc(Cl)cc21.O=C1NCCCc2c1[nH]c1ccc(Cl)cc21.[B].[HH].[HH].[HH]. The van der Waals surface area contributed by atoms with Crippen LogP contribution in [0.2, 0.25) is 20.1 Å². The summed E-state index contributed by atoms with van der Waals surface area (Å²) in [5.74, 6) is 4.98. The summed E-state index contributed by atoms with van der Waals surface area (Å²) < 4.78 is 4.94. The van der Waals surface area contributed by atoms with Crippen LogP contribution in [-0.4, -0.2) is 72.9 Å². The number of hydrogen-bond donors (Lipinski definition) is 7. The molecule has 1 saturated carbocycles. The minimum absolute atomic E-state index is 0. The molecule has 18 heteroatoms. The van der Waals surface area contributed by atoms with Crippen molar-refractivity contribution in [2.45, 2.75) is 90.0 Å². The van der Waals surface area contributed by atoms with Gasteiger partial charge in [-0.15, -0.1) is 12.4 Å². The third kappa shape index (κ3) is 15.1. The Hall–Kier alpha value is -4.83. The number of hydrogen-bond acceptors (Lipinski definition) is 8. The zero-order valence-corrected chi connectivity index (χ0v) is 42.7. The Morgan fingerprint density at radius 2 is 0.986 bits per heavy atom. The van der Waals surface area contributed by atoms with E-state index in [4.69, 9.17) is 57.0 Å². The maximum absolute atomic E-state index is 11.8. The number of anilines is 1. The van der Waals surface area contributed by atoms with Gasteiger partial charge in [0.05, 0.1) is 5.69 Å². The first-order chi connectivity index (χ1) is 33.0. The van der Waals surface area contributed by atoms with Gasteiger partial charge in [0.2, 0.25) is 0 Å². The molecule has 5 aliphatic rings. The molecule has 3 radical (unpaired) electrons. The fraction of sp³-hybridized carbons (Fsp3) is 0.346. The standard InChI is InChI=1S/C12H11ClN2O.C12H13ClN2.C12H10ClNO.C6H7ClN2.C6H8O2.C4H8O.B.ClH.3H2/c13-7-3-4-10-9(6-7)8-2-1-5-14-12(16)11(8)15-10;13-8-3-4-11-10(6-8)9-2-1-5-14-7-12(9)15-11;13-7-4-5-10-9(6-7)8-2-1-3-11(15)12(8)14-10;7-5-1-3-6(9-8)4-2-5;7-5-3-1-2-4-6(5)8;1-2-4-5-3-1;;;;;/h3-4,6,15H,1-2,5H2,(H,14,16);3-4,6,14-15H,1-2,5,7H2;4-6,14H,1-3H2;1-4,9H,8H2;1-4H2;1-4H2;;4*1H. The molecule has 70 heavy (non-hydrogen) atoms. The molecule has 0 atom stereocenters. The summed E-state index contributed by atoms with van der Waals surface area (Å²) >= 11 is 23.6. The molecule has 0 spiro atoms. The molecule has 375 valence electrons. The second kappa shape index (κ2) is 27.7. The van der Waals surface area contributed by atoms with Crippen LogP contribution in [0.1, 0.15) is 112 Å². The third-order valence-electron chi connectivity index (χ3n) is 12.2. The minimum Gasteiger partial charge on any atom is -0.381 e. The van der Waals surface area contributed by atoms with Gasteiger partial charge in [0.25, 0.3) is 5.91 Å². The first-order valence-electron chi connectivity index (χ1n) is 23.3. The summed E-state index contributed by atoms with van der Waals surface area (Å²) in [6, 6.07) is 24.6. The molecule has 7 aromatic rings. The Morgan fingerprint density at radius 3 is 1.53 bits per heavy atom. The summed E-state index contributed by atoms with van der Waals surface area (Å²) in [6.07, 6.45) is 12.1. The van der Waals surface area contributed by atoms with Gasteiger partial charge in [0.15, 0.2) is 17.3 Å². The number of ether oxygens (including phenoxy) is 1. The lowest BCUT2D eigenvalue weighted by Gasteiger charge is -2.09. The Kier molecular flexibility index (Phi) is 22.2. The maximum Gasteiger partial charge on any atom is 0.268 e. The van der Waals surface area contributed by atoms with Crippen molar-refractivity contribution in [1.29, 1.82) is 0 Å². The second-order valence-electron chi connectivity index (χ2n) is 17.0. The number of Topliss-reactive ketones (excluding diaryl/α,β-unsaturated/α-hetero) is 3. The summed E-state index contributed by atoms with van der Waals surface area (Å²) in [4.78, 5) is 54.2. The number of benzene rings is 4. The van der Waals surface area contributed by atoms with Gasteiger partial charge in [0.1, 0.15) is 5.69 Å². The number of H-pyrrole nitrogens is 3. The number of nitrogens with one attached hydrogen (secondary N) is 6. The van der Waals surface area contributed by atoms with Crippen LogP contribution in [0.25, 0.3) is 32.7 Å². The van der Waals surface area contributed by atoms with E-state index >= 15 is 0 Å². The van der Waals surface area contributed by atoms with Gasteiger partial charge in [-0.3, -0.25) is 25.0 Å². The Balaban J connectivity index is 0.000000306. The van der Waals surface area contributed by atoms with Crippen LogP contribution in [-0.2, 0) is 40.1 Å². The number of hydrazine groups is 1. The monoisotopic (exact) mass is 1050 g/mol. The zero-order chi connectivity index (χ0) is 48.0. The number of halogens is 5. The van der Waals surface area contributed by atoms with Crippen LogP contribution in [0.15, 0.2) is 78.9 Å². The molecule has 1 saturated heterocycles. The molecule has 0 bridgehead atoms. The number of nitrogens with two attached hydrogens (primary N) is 1. The maximum atomic E-state index is 11.8. The number of nitrogen functional groups attached to an aromatic ring is 1. The van der Waals surface area contributed by atoms with E-state index in [1.54, 1.807) is 12.1 Å². The van der Waals surface area contributed by atoms with E-state index in [1.807, 2.05) is 54.6 Å². The molecule has 4 aromatic carbocycles. The average Bonchev–Trinajstić information content (AvgIpc) is 4.13. The van der Waals surface area contributed by atoms with E-state index in [-0.39, 0.29) is 48.4 Å². The lowest BCUT2D eigenvalue weighted by atomic mass is 9.95. The summed E-state index contributed by atoms with van der Waals surface area (Å²) in [5, 5.41) is 12.7. The first kappa shape index (κ1) is 56.1. The van der Waals surface area contributed by atoms with Crippen molar-refractivity contribution in [1.82, 2.24) is 25.6 Å². The number of carbonyl (C=O) groups excluding carboxylic acids is 4. The molecule has 12 rings (SSSR count). The second-order valence-corrected chi connectivity index (χ2v) is 18.8. The Labute approximate surface area is 440 Å². The molecule has 0 unspecified atom stereocenters. The summed E-state index contributed by atoms with van der Waals surface area (Å²) in [6.45, 7) is 4.79. The Morgan fingerprint density at radius 1 is 0.514 bits per heavy atom. The van der Waals surface area contributed by atoms with Gasteiger partial charge >= 0.3 is 0 Å². The fourth-order valence-electron chi connectivity index (χ4n) is 8.72. The zero-order valence-electron chi connectivity index (χ0n) is 38.8. The lowest BCUT2D eigenvalue weighted by molar-refractivity contribution is -0.137. The van der Waals surface area contributed by atoms with Gasteiger partial charge in [-0.25, -0.2) is 0 Å². The van der Waals surface area contributed by atoms with E-state index in [2.05, 4.69) is 43.1 Å². The van der Waals surface area contributed by atoms with Crippen molar-refractivity contribution in [3.63, 3.8) is 0 Å². The molecule has 3 aromatic heterocycles. The van der Waals surface area contributed by atoms with Gasteiger partial charge in [0, 0.05) is 122 Å². The molecule has 3 aliphatic heterocycles. The predicted octanol–water partition coefficient (Wildman–Crippen LogP) is 12.6. The van der Waals surface area contributed by atoms with Crippen molar-refractivity contribution >= 4 is 129 Å². The largest absolute Gasteiger partial charge is 0.381 e. The predicted molar refractivity (Wildman–Crippen MR) is 295 cm³/mol. The minimum atomic E-state index is -0.170. The van der Waals surface area contributed by atoms with E-state index in [1.165, 1.54) is 41.4 Å². The van der Waals surface area contributed by atoms with Crippen molar-refractivity contribution in [2.75, 3.05) is 31.7 Å². The smallest absolute Gasteiger partial charge is 0.268 e. The molecule has 12 nitrogen and oxygen atoms in total. The molecular weight excluding hydrogens is 991 g/mol. The topological polar surface area (TPSA) is 187 Å². The Bertz CT molecular complexity index is 2870. The van der Waals surface area contributed by atoms with Crippen molar-refractivity contribution in [3.05, 3.63) is 133 Å². The van der Waals surface area contributed by atoms with Gasteiger partial charge in [-0.1, -0.05) is 46.4 Å². The van der Waals surface area contributed by atoms with Crippen molar-refractivity contribution in [2.24, 2.45) is 5.84 Å². The quantitative estimate of drug-likeness (QED) is 0.0366. The number of ketones is 3. The summed E-state index contributed by atoms with van der Waals surface area (Å²) in [5.41, 5.74) is 13.0. The van der Waals surface area contributed by atoms with E-state index in [0.29, 0.717) is 35.0 Å². The number of aromatic amines is 3. The van der Waals surface area contributed by atoms with Crippen molar-refractivity contribution in [3.8, 4) is 0 Å². The number of aryl methyl sites for hydroxylation is 3. The molecule has 2 fully saturated rings. The number of amides is 1. The average molecular weight is 1060 g/mol. The number of rotatable bonds is 1. The van der Waals surface area contributed by atoms with E-state index in [0.717, 1.165) is 132 Å². The first-order valence-corrected chi connectivity index (χ1v) is 24.8. The van der Waals surface area contributed by atoms with Gasteiger partial charge in [-0.2, -0.15) is 0 Å². The molecule has 6 heterocycles. The molecule has 8 N–H and O–H groups in total. The van der Waals surface area contributed by atoms with Crippen molar-refractivity contribution < 1.29 is 28.2 Å². The number of carbonyl (C=O) groups is 4. The molecule has 2 aliphatic carbocycles. The summed E-state index contributed by atoms with van der Waals surface area (Å²) in [7, 11) is 0. The van der Waals surface area contributed by atoms with Crippen LogP contribution in [0.4, 0.5) is 5.69 Å². The highest BCUT2D eigenvalue weighted by molar-refractivity contribution is 6.37. The van der Waals surface area contributed by atoms with Crippen LogP contribution < -0.4 is 21.9 Å². The van der Waals surface area contributed by atoms with E-state index < -0.39 is 0 Å². The van der Waals surface area contributed by atoms with Gasteiger partial charge < -0.3 is 35.7 Å². The van der Waals surface area contributed by atoms with Crippen LogP contribution in [0.3, 0.4) is 0 Å². The van der Waals surface area contributed by atoms with Crippen LogP contribution in [0, 0.1) is 0 Å². The number of fused-ring (bicyclic) bond motifs is 9. The van der Waals surface area contributed by atoms with Crippen LogP contribution in [0.5, 0.6) is 0 Å². The fourth-order valence-corrected chi connectivity index (χ4v) is 9.36.